The molecule has 0 saturated carbocycles. The molecule has 2 atom stereocenters. The lowest BCUT2D eigenvalue weighted by molar-refractivity contribution is -0.139. The summed E-state index contributed by atoms with van der Waals surface area (Å²) >= 11 is 0. The molecule has 9 N–H and O–H groups in total. The summed E-state index contributed by atoms with van der Waals surface area (Å²) in [6.07, 6.45) is 6.54. The topological polar surface area (TPSA) is 260 Å². The fraction of sp³-hybridized carbons (Fsp3) is 0.357. The summed E-state index contributed by atoms with van der Waals surface area (Å²) in [4.78, 5) is 68.0. The lowest BCUT2D eigenvalue weighted by Gasteiger charge is -2.20. The number of H-pyrrole nitrogens is 1. The van der Waals surface area contributed by atoms with Gasteiger partial charge >= 0.3 is 11.9 Å². The van der Waals surface area contributed by atoms with Crippen molar-refractivity contribution >= 4 is 52.2 Å². The Bertz CT molecular complexity index is 1710. The highest BCUT2D eigenvalue weighted by Gasteiger charge is 2.19. The second kappa shape index (κ2) is 14.7. The molecule has 3 heterocycles. The van der Waals surface area contributed by atoms with Crippen molar-refractivity contribution in [2.24, 2.45) is 5.73 Å². The van der Waals surface area contributed by atoms with Crippen LogP contribution < -0.4 is 32.6 Å². The molecular formula is C28H35N11O6. The second-order valence-electron chi connectivity index (χ2n) is 10.3. The predicted octanol–water partition coefficient (Wildman–Crippen LogP) is 0.456. The maximum Gasteiger partial charge on any atom is 0.326 e. The number of amides is 1. The van der Waals surface area contributed by atoms with Gasteiger partial charge in [0.2, 0.25) is 11.9 Å². The zero-order chi connectivity index (χ0) is 32.5. The van der Waals surface area contributed by atoms with Gasteiger partial charge in [0.15, 0.2) is 17.0 Å². The Kier molecular flexibility index (Phi) is 10.6. The number of carboxylic acid groups (broad SMARTS) is 2. The Morgan fingerprint density at radius 3 is 2.56 bits per heavy atom. The van der Waals surface area contributed by atoms with Crippen LogP contribution in [-0.2, 0) is 27.3 Å². The number of aromatic nitrogens is 6. The van der Waals surface area contributed by atoms with Crippen LogP contribution in [0.1, 0.15) is 31.4 Å². The van der Waals surface area contributed by atoms with E-state index in [1.165, 1.54) is 6.20 Å². The standard InChI is InChI=1S/C28H35N11O6/c1-38(21-13-32-24-23(35-21)25(41)37-28(30)36-24)18-6-4-16(5-7-18)34-20(27(44)45)8-9-22(40)31-10-2-3-11-39-14-17(33-15-39)12-19(29)26(42)43/h4-7,13-15,19-20,34H,2-3,8-12,29H2,1H3,(H,31,40)(H,42,43)(H,44,45)(H3,30,32,36,37,41). The van der Waals surface area contributed by atoms with E-state index in [4.69, 9.17) is 16.6 Å². The molecule has 0 radical (unpaired) electrons. The number of imidazole rings is 1. The number of hydrogen-bond donors (Lipinski definition) is 7. The molecular weight excluding hydrogens is 586 g/mol. The van der Waals surface area contributed by atoms with Crippen LogP contribution in [0.5, 0.6) is 0 Å². The first-order valence-corrected chi connectivity index (χ1v) is 14.1. The van der Waals surface area contributed by atoms with E-state index in [2.05, 4.69) is 35.6 Å². The summed E-state index contributed by atoms with van der Waals surface area (Å²) in [6.45, 7) is 1.08. The summed E-state index contributed by atoms with van der Waals surface area (Å²) in [7, 11) is 1.74. The number of nitrogen functional groups attached to an aromatic ring is 1. The number of carbonyl (C=O) groups is 3. The van der Waals surface area contributed by atoms with E-state index >= 15 is 0 Å². The van der Waals surface area contributed by atoms with Gasteiger partial charge in [0.1, 0.15) is 12.1 Å². The SMILES string of the molecule is CN(c1ccc(NC(CCC(=O)NCCCCn2cnc(CC(N)C(=O)O)c2)C(=O)O)cc1)c1cnc2nc(N)[nH]c(=O)c2n1. The molecule has 0 aliphatic carbocycles. The van der Waals surface area contributed by atoms with Gasteiger partial charge in [-0.1, -0.05) is 0 Å². The van der Waals surface area contributed by atoms with E-state index in [1.807, 2.05) is 4.57 Å². The number of nitrogens with two attached hydrogens (primary N) is 2. The number of rotatable bonds is 16. The lowest BCUT2D eigenvalue weighted by Crippen LogP contribution is -2.32. The van der Waals surface area contributed by atoms with Crippen LogP contribution in [0.25, 0.3) is 11.2 Å². The summed E-state index contributed by atoms with van der Waals surface area (Å²) in [5, 5.41) is 24.4. The van der Waals surface area contributed by atoms with Gasteiger partial charge in [-0.2, -0.15) is 4.98 Å². The number of aryl methyl sites for hydroxylation is 1. The number of benzene rings is 1. The van der Waals surface area contributed by atoms with Crippen LogP contribution in [0.2, 0.25) is 0 Å². The van der Waals surface area contributed by atoms with Gasteiger partial charge in [0.25, 0.3) is 5.56 Å². The average molecular weight is 622 g/mol. The average Bonchev–Trinajstić information content (AvgIpc) is 3.45. The monoisotopic (exact) mass is 621 g/mol. The third-order valence-corrected chi connectivity index (χ3v) is 6.92. The molecule has 0 aliphatic heterocycles. The molecule has 2 unspecified atom stereocenters. The first kappa shape index (κ1) is 32.3. The minimum atomic E-state index is -1.08. The fourth-order valence-corrected chi connectivity index (χ4v) is 4.42. The van der Waals surface area contributed by atoms with Crippen LogP contribution in [0, 0.1) is 0 Å². The van der Waals surface area contributed by atoms with Crippen molar-refractivity contribution in [3.63, 3.8) is 0 Å². The first-order valence-electron chi connectivity index (χ1n) is 14.1. The van der Waals surface area contributed by atoms with Gasteiger partial charge in [0, 0.05) is 50.6 Å². The molecule has 238 valence electrons. The van der Waals surface area contributed by atoms with E-state index in [0.29, 0.717) is 42.4 Å². The van der Waals surface area contributed by atoms with Crippen LogP contribution in [0.15, 0.2) is 47.8 Å². The van der Waals surface area contributed by atoms with Crippen LogP contribution >= 0.6 is 0 Å². The fourth-order valence-electron chi connectivity index (χ4n) is 4.42. The molecule has 0 aliphatic rings. The molecule has 3 aromatic heterocycles. The van der Waals surface area contributed by atoms with Crippen LogP contribution in [-0.4, -0.2) is 83.2 Å². The third kappa shape index (κ3) is 8.96. The van der Waals surface area contributed by atoms with Crippen molar-refractivity contribution in [2.75, 3.05) is 29.5 Å². The molecule has 0 bridgehead atoms. The Labute approximate surface area is 256 Å². The second-order valence-corrected chi connectivity index (χ2v) is 10.3. The Morgan fingerprint density at radius 2 is 1.84 bits per heavy atom. The van der Waals surface area contributed by atoms with Crippen molar-refractivity contribution in [3.8, 4) is 0 Å². The lowest BCUT2D eigenvalue weighted by atomic mass is 10.1. The summed E-state index contributed by atoms with van der Waals surface area (Å²) < 4.78 is 1.84. The molecule has 0 fully saturated rings. The van der Waals surface area contributed by atoms with Gasteiger partial charge in [-0.3, -0.25) is 19.4 Å². The molecule has 17 heteroatoms. The van der Waals surface area contributed by atoms with Crippen molar-refractivity contribution in [1.29, 1.82) is 0 Å². The highest BCUT2D eigenvalue weighted by molar-refractivity contribution is 5.80. The molecule has 0 spiro atoms. The minimum Gasteiger partial charge on any atom is -0.480 e. The zero-order valence-corrected chi connectivity index (χ0v) is 24.5. The zero-order valence-electron chi connectivity index (χ0n) is 24.5. The number of nitrogens with zero attached hydrogens (tertiary/aromatic N) is 6. The van der Waals surface area contributed by atoms with Gasteiger partial charge in [0.05, 0.1) is 18.2 Å². The van der Waals surface area contributed by atoms with Gasteiger partial charge in [-0.05, 0) is 43.5 Å². The number of hydrogen-bond acceptors (Lipinski definition) is 12. The molecule has 1 amide bonds. The maximum absolute atomic E-state index is 12.3. The number of unbranched alkanes of at least 4 members (excludes halogenated alkanes) is 1. The molecule has 45 heavy (non-hydrogen) atoms. The van der Waals surface area contributed by atoms with Crippen molar-refractivity contribution < 1.29 is 24.6 Å². The van der Waals surface area contributed by atoms with Crippen molar-refractivity contribution in [2.45, 2.75) is 50.7 Å². The van der Waals surface area contributed by atoms with Crippen molar-refractivity contribution in [1.82, 2.24) is 34.8 Å². The summed E-state index contributed by atoms with van der Waals surface area (Å²) in [5.41, 5.74) is 12.6. The Hall–Kier alpha value is -5.58. The van der Waals surface area contributed by atoms with E-state index < -0.39 is 29.6 Å². The van der Waals surface area contributed by atoms with Gasteiger partial charge < -0.3 is 41.8 Å². The Balaban J connectivity index is 1.21. The molecule has 17 nitrogen and oxygen atoms in total. The number of aliphatic carboxylic acids is 2. The molecule has 4 rings (SSSR count). The largest absolute Gasteiger partial charge is 0.480 e. The van der Waals surface area contributed by atoms with Crippen LogP contribution in [0.3, 0.4) is 0 Å². The maximum atomic E-state index is 12.3. The van der Waals surface area contributed by atoms with E-state index in [0.717, 1.165) is 6.42 Å². The normalized spacial score (nSPS) is 12.4. The van der Waals surface area contributed by atoms with E-state index in [-0.39, 0.29) is 42.3 Å². The number of carboxylic acids is 2. The molecule has 4 aromatic rings. The molecule has 1 aromatic carbocycles. The number of nitrogens with one attached hydrogen (secondary N) is 3. The smallest absolute Gasteiger partial charge is 0.326 e. The number of aromatic amines is 1. The van der Waals surface area contributed by atoms with Gasteiger partial charge in [-0.15, -0.1) is 0 Å². The number of anilines is 4. The van der Waals surface area contributed by atoms with Gasteiger partial charge in [-0.25, -0.2) is 19.7 Å². The molecule has 0 saturated heterocycles. The van der Waals surface area contributed by atoms with Crippen molar-refractivity contribution in [3.05, 3.63) is 59.0 Å². The summed E-state index contributed by atoms with van der Waals surface area (Å²) in [5.74, 6) is -2.07. The highest BCUT2D eigenvalue weighted by Crippen LogP contribution is 2.24. The first-order chi connectivity index (χ1) is 21.5. The Morgan fingerprint density at radius 1 is 1.09 bits per heavy atom. The quantitative estimate of drug-likeness (QED) is 0.0838. The number of fused-ring (bicyclic) bond motifs is 1. The minimum absolute atomic E-state index is 0.0276. The van der Waals surface area contributed by atoms with E-state index in [9.17, 15) is 24.3 Å². The summed E-state index contributed by atoms with van der Waals surface area (Å²) in [6, 6.07) is 4.92. The predicted molar refractivity (Wildman–Crippen MR) is 165 cm³/mol. The van der Waals surface area contributed by atoms with E-state index in [1.54, 1.807) is 48.7 Å². The van der Waals surface area contributed by atoms with Crippen LogP contribution in [0.4, 0.5) is 23.1 Å². The highest BCUT2D eigenvalue weighted by atomic mass is 16.4. The number of carbonyl (C=O) groups excluding carboxylic acids is 1. The third-order valence-electron chi connectivity index (χ3n) is 6.92.